The van der Waals surface area contributed by atoms with Crippen LogP contribution in [0.5, 0.6) is 0 Å². The first-order chi connectivity index (χ1) is 22.0. The summed E-state index contributed by atoms with van der Waals surface area (Å²) in [7, 11) is -2.01. The van der Waals surface area contributed by atoms with E-state index in [1.165, 1.54) is 40.0 Å². The molecule has 0 aliphatic rings. The summed E-state index contributed by atoms with van der Waals surface area (Å²) in [6.07, 6.45) is 2.03. The van der Waals surface area contributed by atoms with Gasteiger partial charge in [0.25, 0.3) is 11.4 Å². The molecule has 47 heavy (non-hydrogen) atoms. The van der Waals surface area contributed by atoms with Crippen molar-refractivity contribution in [1.82, 2.24) is 4.48 Å². The third-order valence-electron chi connectivity index (χ3n) is 6.30. The molecule has 2 aromatic carbocycles. The van der Waals surface area contributed by atoms with Gasteiger partial charge in [0.05, 0.1) is 34.5 Å². The fraction of sp³-hybridized carbons (Fsp3) is 0.226. The first kappa shape index (κ1) is 36.2. The molecule has 12 nitrogen and oxygen atoms in total. The van der Waals surface area contributed by atoms with Crippen molar-refractivity contribution in [2.24, 2.45) is 0 Å². The Morgan fingerprint density at radius 3 is 2.13 bits per heavy atom. The van der Waals surface area contributed by atoms with E-state index in [9.17, 15) is 29.8 Å². The Labute approximate surface area is 273 Å². The number of thioether (sulfide) groups is 1. The van der Waals surface area contributed by atoms with Gasteiger partial charge in [0.1, 0.15) is 11.4 Å². The van der Waals surface area contributed by atoms with E-state index in [-0.39, 0.29) is 11.4 Å². The number of non-ortho nitro benzene ring substituents is 2. The Balaban J connectivity index is 2.32. The molecule has 0 aliphatic carbocycles. The number of rotatable bonds is 12. The third-order valence-corrected chi connectivity index (χ3v) is 7.19. The van der Waals surface area contributed by atoms with Crippen LogP contribution in [0.3, 0.4) is 0 Å². The minimum atomic E-state index is -3.27. The summed E-state index contributed by atoms with van der Waals surface area (Å²) in [4.78, 5) is 47.8. The number of benzene rings is 2. The molecule has 1 heterocycles. The summed E-state index contributed by atoms with van der Waals surface area (Å²) in [6.45, 7) is 10.2. The second kappa shape index (κ2) is 15.4. The maximum absolute atomic E-state index is 15.1. The average Bonchev–Trinajstić information content (AvgIpc) is 3.42. The normalized spacial score (nSPS) is 11.9. The van der Waals surface area contributed by atoms with Gasteiger partial charge in [-0.1, -0.05) is 43.0 Å². The highest BCUT2D eigenvalue weighted by molar-refractivity contribution is 8.03. The molecule has 246 valence electrons. The smallest absolute Gasteiger partial charge is 0.468 e. The summed E-state index contributed by atoms with van der Waals surface area (Å²) >= 11 is 1.12. The zero-order valence-corrected chi connectivity index (χ0v) is 27.0. The summed E-state index contributed by atoms with van der Waals surface area (Å²) in [5, 5.41) is 23.3. The van der Waals surface area contributed by atoms with Crippen molar-refractivity contribution in [2.45, 2.75) is 33.3 Å². The quantitative estimate of drug-likeness (QED) is 0.0617. The molecular weight excluding hydrogens is 637 g/mol. The summed E-state index contributed by atoms with van der Waals surface area (Å²) in [5.41, 5.74) is -1.76. The Bertz CT molecular complexity index is 1720. The molecule has 0 bridgehead atoms. The van der Waals surface area contributed by atoms with E-state index in [2.05, 4.69) is 11.3 Å². The molecule has 3 rings (SSSR count). The van der Waals surface area contributed by atoms with E-state index in [0.29, 0.717) is 37.1 Å². The van der Waals surface area contributed by atoms with E-state index >= 15 is 8.63 Å². The predicted molar refractivity (Wildman–Crippen MR) is 177 cm³/mol. The van der Waals surface area contributed by atoms with Crippen molar-refractivity contribution in [2.75, 3.05) is 17.8 Å². The van der Waals surface area contributed by atoms with Crippen molar-refractivity contribution >= 4 is 59.7 Å². The number of nitrogens with zero attached hydrogens (tertiary/aromatic N) is 4. The van der Waals surface area contributed by atoms with E-state index < -0.39 is 57.8 Å². The van der Waals surface area contributed by atoms with E-state index in [0.717, 1.165) is 23.9 Å². The van der Waals surface area contributed by atoms with Gasteiger partial charge in [0.2, 0.25) is 0 Å². The summed E-state index contributed by atoms with van der Waals surface area (Å²) < 4.78 is 40.9. The maximum atomic E-state index is 15.1. The first-order valence-corrected chi connectivity index (χ1v) is 14.8. The number of hydrogen-bond acceptors (Lipinski definition) is 9. The number of esters is 1. The number of carbonyl (C=O) groups is 2. The lowest BCUT2D eigenvalue weighted by molar-refractivity contribution is -0.394. The zero-order chi connectivity index (χ0) is 35.1. The van der Waals surface area contributed by atoms with Gasteiger partial charge in [0.15, 0.2) is 0 Å². The Hall–Kier alpha value is -5.25. The highest BCUT2D eigenvalue weighted by Gasteiger charge is 2.35. The van der Waals surface area contributed by atoms with Crippen LogP contribution in [0.2, 0.25) is 0 Å². The number of amides is 1. The Morgan fingerprint density at radius 2 is 1.62 bits per heavy atom. The van der Waals surface area contributed by atoms with Gasteiger partial charge in [0, 0.05) is 28.3 Å². The van der Waals surface area contributed by atoms with E-state index in [1.54, 1.807) is 49.4 Å². The maximum Gasteiger partial charge on any atom is 0.679 e. The standard InChI is InChI=1S/C31H31BF2N4O8S/c1-20(12-13-21(2)47-19-28(39)45-6)29(22-10-8-7-9-11-22)26-14-15-27(36(26)32(33)34)35(30(40)46-31(3,4)5)23-16-24(37(41)42)18-25(17-23)38(43)44/h7-18H,2,19H2,1,3-6H3/b13-12-,29-20+. The molecule has 0 N–H and O–H groups in total. The second-order valence-electron chi connectivity index (χ2n) is 10.9. The lowest BCUT2D eigenvalue weighted by Gasteiger charge is -2.28. The van der Waals surface area contributed by atoms with Crippen LogP contribution in [-0.4, -0.2) is 52.3 Å². The summed E-state index contributed by atoms with van der Waals surface area (Å²) in [6, 6.07) is 13.5. The molecule has 0 radical (unpaired) electrons. The Kier molecular flexibility index (Phi) is 11.8. The van der Waals surface area contributed by atoms with Crippen LogP contribution < -0.4 is 4.90 Å². The molecule has 0 atom stereocenters. The van der Waals surface area contributed by atoms with Crippen molar-refractivity contribution in [3.05, 3.63) is 121 Å². The molecule has 0 fully saturated rings. The molecule has 0 saturated carbocycles. The predicted octanol–water partition coefficient (Wildman–Crippen LogP) is 7.95. The third kappa shape index (κ3) is 9.39. The fourth-order valence-electron chi connectivity index (χ4n) is 4.33. The van der Waals surface area contributed by atoms with Crippen LogP contribution in [0.4, 0.5) is 36.3 Å². The number of nitro benzene ring substituents is 2. The highest BCUT2D eigenvalue weighted by Crippen LogP contribution is 2.38. The lowest BCUT2D eigenvalue weighted by atomic mass is 9.96. The molecular formula is C31H31BF2N4O8S. The zero-order valence-electron chi connectivity index (χ0n) is 26.1. The molecule has 0 unspecified atom stereocenters. The van der Waals surface area contributed by atoms with Gasteiger partial charge < -0.3 is 14.0 Å². The fourth-order valence-corrected chi connectivity index (χ4v) is 4.91. The number of hydrogen-bond donors (Lipinski definition) is 0. The Morgan fingerprint density at radius 1 is 1.02 bits per heavy atom. The van der Waals surface area contributed by atoms with Crippen LogP contribution >= 0.6 is 11.8 Å². The SMILES string of the molecule is C=C(/C=C\C(C)=C(/c1ccccc1)c1ccc(N(C(=O)OC(C)(C)C)c2cc([N+](=O)[O-])cc([N+](=O)[O-])c2)n1B(F)F)SCC(=O)OC. The largest absolute Gasteiger partial charge is 0.679 e. The number of halogens is 2. The number of anilines is 2. The molecule has 0 aliphatic heterocycles. The number of allylic oxidation sites excluding steroid dienone is 3. The van der Waals surface area contributed by atoms with Crippen molar-refractivity contribution in [1.29, 1.82) is 0 Å². The van der Waals surface area contributed by atoms with Crippen LogP contribution in [-0.2, 0) is 14.3 Å². The van der Waals surface area contributed by atoms with Crippen LogP contribution in [0.1, 0.15) is 39.0 Å². The van der Waals surface area contributed by atoms with Gasteiger partial charge in [-0.05, 0) is 57.0 Å². The minimum Gasteiger partial charge on any atom is -0.468 e. The number of nitro groups is 2. The van der Waals surface area contributed by atoms with E-state index in [1.807, 2.05) is 0 Å². The first-order valence-electron chi connectivity index (χ1n) is 13.8. The molecule has 1 amide bonds. The van der Waals surface area contributed by atoms with Crippen molar-refractivity contribution in [3.63, 3.8) is 0 Å². The van der Waals surface area contributed by atoms with Gasteiger partial charge in [-0.25, -0.2) is 9.69 Å². The van der Waals surface area contributed by atoms with Crippen LogP contribution in [0, 0.1) is 20.2 Å². The molecule has 16 heteroatoms. The van der Waals surface area contributed by atoms with Gasteiger partial charge in [-0.2, -0.15) is 0 Å². The average molecular weight is 668 g/mol. The monoisotopic (exact) mass is 668 g/mol. The number of carbonyl (C=O) groups excluding carboxylic acids is 2. The van der Waals surface area contributed by atoms with Gasteiger partial charge >= 0.3 is 19.5 Å². The number of methoxy groups -OCH3 is 1. The van der Waals surface area contributed by atoms with Crippen molar-refractivity contribution in [3.8, 4) is 0 Å². The lowest BCUT2D eigenvalue weighted by Crippen LogP contribution is -2.36. The minimum absolute atomic E-state index is 0.0158. The van der Waals surface area contributed by atoms with Gasteiger partial charge in [-0.3, -0.25) is 33.7 Å². The number of aromatic nitrogens is 1. The van der Waals surface area contributed by atoms with Crippen LogP contribution in [0.25, 0.3) is 5.57 Å². The summed E-state index contributed by atoms with van der Waals surface area (Å²) in [5.74, 6) is -0.906. The van der Waals surface area contributed by atoms with Crippen molar-refractivity contribution < 1.29 is 37.5 Å². The molecule has 1 aromatic heterocycles. The highest BCUT2D eigenvalue weighted by atomic mass is 32.2. The second-order valence-corrected chi connectivity index (χ2v) is 12.0. The topological polar surface area (TPSA) is 147 Å². The molecule has 3 aromatic rings. The molecule has 0 spiro atoms. The van der Waals surface area contributed by atoms with Crippen LogP contribution in [0.15, 0.2) is 89.9 Å². The number of ether oxygens (including phenoxy) is 2. The van der Waals surface area contributed by atoms with Gasteiger partial charge in [-0.15, -0.1) is 11.8 Å². The molecule has 0 saturated heterocycles. The van der Waals surface area contributed by atoms with E-state index in [4.69, 9.17) is 4.74 Å².